The minimum atomic E-state index is -1.01. The fourth-order valence-corrected chi connectivity index (χ4v) is 3.70. The Hall–Kier alpha value is -4.53. The fourth-order valence-electron chi connectivity index (χ4n) is 3.70. The quantitative estimate of drug-likeness (QED) is 0.208. The molecule has 1 fully saturated rings. The highest BCUT2D eigenvalue weighted by atomic mass is 16.6. The van der Waals surface area contributed by atoms with Gasteiger partial charge in [0.25, 0.3) is 17.4 Å². The van der Waals surface area contributed by atoms with Crippen LogP contribution in [0.15, 0.2) is 78.6 Å². The lowest BCUT2D eigenvalue weighted by Gasteiger charge is -2.25. The molecule has 1 unspecified atom stereocenters. The summed E-state index contributed by atoms with van der Waals surface area (Å²) in [7, 11) is 0. The molecule has 9 heteroatoms. The number of aliphatic hydroxyl groups excluding tert-OH is 1. The number of non-ortho nitro benzene ring substituents is 1. The van der Waals surface area contributed by atoms with Crippen LogP contribution in [0.25, 0.3) is 5.76 Å². The van der Waals surface area contributed by atoms with Gasteiger partial charge in [0.1, 0.15) is 11.5 Å². The summed E-state index contributed by atoms with van der Waals surface area (Å²) in [6.45, 7) is 0.0322. The molecule has 3 aromatic rings. The number of aromatic nitrogens is 1. The van der Waals surface area contributed by atoms with Crippen LogP contribution in [0.1, 0.15) is 22.7 Å². The number of nitro benzene ring substituents is 1. The van der Waals surface area contributed by atoms with Crippen molar-refractivity contribution < 1.29 is 24.7 Å². The van der Waals surface area contributed by atoms with E-state index in [2.05, 4.69) is 4.98 Å². The van der Waals surface area contributed by atoms with Gasteiger partial charge < -0.3 is 15.1 Å². The lowest BCUT2D eigenvalue weighted by Crippen LogP contribution is -2.29. The number of aromatic hydroxyl groups is 1. The third-order valence-corrected chi connectivity index (χ3v) is 5.13. The van der Waals surface area contributed by atoms with E-state index in [-0.39, 0.29) is 29.1 Å². The van der Waals surface area contributed by atoms with Gasteiger partial charge in [-0.1, -0.05) is 30.3 Å². The van der Waals surface area contributed by atoms with Crippen LogP contribution < -0.4 is 0 Å². The van der Waals surface area contributed by atoms with Gasteiger partial charge in [-0.15, -0.1) is 0 Å². The smallest absolute Gasteiger partial charge is 0.295 e. The normalized spacial score (nSPS) is 17.5. The molecular formula is C23H17N3O6. The van der Waals surface area contributed by atoms with Crippen molar-refractivity contribution in [1.29, 1.82) is 0 Å². The number of hydrogen-bond acceptors (Lipinski definition) is 7. The zero-order valence-electron chi connectivity index (χ0n) is 16.6. The molecule has 0 bridgehead atoms. The number of amides is 1. The third kappa shape index (κ3) is 3.79. The Bertz CT molecular complexity index is 1260. The van der Waals surface area contributed by atoms with Gasteiger partial charge >= 0.3 is 0 Å². The van der Waals surface area contributed by atoms with Crippen LogP contribution >= 0.6 is 0 Å². The summed E-state index contributed by atoms with van der Waals surface area (Å²) in [5, 5.41) is 32.1. The highest BCUT2D eigenvalue weighted by molar-refractivity contribution is 6.46. The molecule has 1 aliphatic heterocycles. The van der Waals surface area contributed by atoms with E-state index in [0.717, 1.165) is 6.07 Å². The molecule has 1 aromatic heterocycles. The van der Waals surface area contributed by atoms with Gasteiger partial charge in [-0.3, -0.25) is 24.7 Å². The number of carbonyl (C=O) groups excluding carboxylic acids is 2. The number of phenols is 1. The maximum atomic E-state index is 13.0. The van der Waals surface area contributed by atoms with Gasteiger partial charge in [0, 0.05) is 36.6 Å². The van der Waals surface area contributed by atoms with Gasteiger partial charge in [-0.05, 0) is 29.3 Å². The first kappa shape index (κ1) is 20.7. The second-order valence-corrected chi connectivity index (χ2v) is 7.19. The number of pyridine rings is 1. The van der Waals surface area contributed by atoms with Crippen LogP contribution in [0.3, 0.4) is 0 Å². The average Bonchev–Trinajstić information content (AvgIpc) is 3.04. The van der Waals surface area contributed by atoms with Crippen molar-refractivity contribution >= 4 is 23.1 Å². The van der Waals surface area contributed by atoms with Crippen LogP contribution in [0.2, 0.25) is 0 Å². The summed E-state index contributed by atoms with van der Waals surface area (Å²) in [5.41, 5.74) is 0.608. The van der Waals surface area contributed by atoms with E-state index in [1.54, 1.807) is 36.7 Å². The predicted molar refractivity (Wildman–Crippen MR) is 113 cm³/mol. The van der Waals surface area contributed by atoms with Crippen LogP contribution in [0.5, 0.6) is 5.75 Å². The van der Waals surface area contributed by atoms with Gasteiger partial charge in [0.2, 0.25) is 0 Å². The monoisotopic (exact) mass is 431 g/mol. The number of carbonyl (C=O) groups is 2. The molecule has 1 amide bonds. The Morgan fingerprint density at radius 3 is 2.56 bits per heavy atom. The molecule has 2 aromatic carbocycles. The van der Waals surface area contributed by atoms with Gasteiger partial charge in [0.05, 0.1) is 16.5 Å². The SMILES string of the molecule is O=C1C(=O)N(Cc2cccnc2)C(c2cccc(O)c2)/C1=C(/O)c1cccc([N+](=O)[O-])c1. The molecule has 1 saturated heterocycles. The van der Waals surface area contributed by atoms with Crippen LogP contribution in [-0.2, 0) is 16.1 Å². The largest absolute Gasteiger partial charge is 0.508 e. The molecule has 1 atom stereocenters. The second kappa shape index (κ2) is 8.31. The summed E-state index contributed by atoms with van der Waals surface area (Å²) in [5.74, 6) is -2.38. The van der Waals surface area contributed by atoms with Crippen molar-refractivity contribution in [1.82, 2.24) is 9.88 Å². The number of benzene rings is 2. The Morgan fingerprint density at radius 2 is 1.88 bits per heavy atom. The minimum absolute atomic E-state index is 0.0312. The Balaban J connectivity index is 1.88. The molecule has 0 aliphatic carbocycles. The zero-order valence-corrected chi connectivity index (χ0v) is 16.6. The molecule has 0 spiro atoms. The topological polar surface area (TPSA) is 134 Å². The highest BCUT2D eigenvalue weighted by Gasteiger charge is 2.46. The van der Waals surface area contributed by atoms with E-state index >= 15 is 0 Å². The first-order chi connectivity index (χ1) is 15.4. The molecule has 2 N–H and O–H groups in total. The van der Waals surface area contributed by atoms with Crippen LogP contribution in [-0.4, -0.2) is 36.7 Å². The molecule has 160 valence electrons. The average molecular weight is 431 g/mol. The Morgan fingerprint density at radius 1 is 1.09 bits per heavy atom. The molecular weight excluding hydrogens is 414 g/mol. The zero-order chi connectivity index (χ0) is 22.8. The predicted octanol–water partition coefficient (Wildman–Crippen LogP) is 3.32. The van der Waals surface area contributed by atoms with E-state index in [1.807, 2.05) is 0 Å². The number of likely N-dealkylation sites (tertiary alicyclic amines) is 1. The van der Waals surface area contributed by atoms with E-state index < -0.39 is 28.4 Å². The van der Waals surface area contributed by atoms with Gasteiger partial charge in [0.15, 0.2) is 0 Å². The number of ketones is 1. The van der Waals surface area contributed by atoms with E-state index in [0.29, 0.717) is 11.1 Å². The summed E-state index contributed by atoms with van der Waals surface area (Å²) in [6, 6.07) is 13.6. The third-order valence-electron chi connectivity index (χ3n) is 5.13. The Labute approximate surface area is 182 Å². The van der Waals surface area contributed by atoms with Crippen LogP contribution in [0.4, 0.5) is 5.69 Å². The number of hydrogen-bond donors (Lipinski definition) is 2. The Kier molecular flexibility index (Phi) is 5.38. The maximum absolute atomic E-state index is 13.0. The first-order valence-electron chi connectivity index (χ1n) is 9.58. The molecule has 2 heterocycles. The van der Waals surface area contributed by atoms with E-state index in [1.165, 1.54) is 35.2 Å². The summed E-state index contributed by atoms with van der Waals surface area (Å²) < 4.78 is 0. The van der Waals surface area contributed by atoms with Crippen LogP contribution in [0, 0.1) is 10.1 Å². The van der Waals surface area contributed by atoms with E-state index in [4.69, 9.17) is 0 Å². The summed E-state index contributed by atoms with van der Waals surface area (Å²) >= 11 is 0. The standard InChI is InChI=1S/C23H17N3O6/c27-18-8-2-5-15(11-18)20-19(21(28)16-6-1-7-17(10-16)26(31)32)22(29)23(30)25(20)13-14-4-3-9-24-12-14/h1-12,20,27-28H,13H2/b21-19-. The number of aliphatic hydroxyl groups is 1. The highest BCUT2D eigenvalue weighted by Crippen LogP contribution is 2.41. The van der Waals surface area contributed by atoms with Crippen molar-refractivity contribution in [2.45, 2.75) is 12.6 Å². The minimum Gasteiger partial charge on any atom is -0.508 e. The molecule has 32 heavy (non-hydrogen) atoms. The molecule has 0 radical (unpaired) electrons. The van der Waals surface area contributed by atoms with Crippen molar-refractivity contribution in [3.63, 3.8) is 0 Å². The van der Waals surface area contributed by atoms with Crippen molar-refractivity contribution in [3.8, 4) is 5.75 Å². The number of phenolic OH excluding ortho intramolecular Hbond substituents is 1. The lowest BCUT2D eigenvalue weighted by atomic mass is 9.95. The lowest BCUT2D eigenvalue weighted by molar-refractivity contribution is -0.384. The number of Topliss-reactive ketones (excluding diaryl/α,β-unsaturated/α-hetero) is 1. The van der Waals surface area contributed by atoms with Gasteiger partial charge in [-0.2, -0.15) is 0 Å². The van der Waals surface area contributed by atoms with E-state index in [9.17, 15) is 29.9 Å². The summed E-state index contributed by atoms with van der Waals surface area (Å²) in [4.78, 5) is 41.7. The van der Waals surface area contributed by atoms with Crippen molar-refractivity contribution in [2.75, 3.05) is 0 Å². The molecule has 0 saturated carbocycles. The summed E-state index contributed by atoms with van der Waals surface area (Å²) in [6.07, 6.45) is 3.13. The van der Waals surface area contributed by atoms with Crippen molar-refractivity contribution in [3.05, 3.63) is 105 Å². The molecule has 1 aliphatic rings. The number of nitrogens with zero attached hydrogens (tertiary/aromatic N) is 3. The second-order valence-electron chi connectivity index (χ2n) is 7.19. The van der Waals surface area contributed by atoms with Gasteiger partial charge in [-0.25, -0.2) is 0 Å². The maximum Gasteiger partial charge on any atom is 0.295 e. The molecule has 4 rings (SSSR count). The first-order valence-corrected chi connectivity index (χ1v) is 9.58. The fraction of sp³-hybridized carbons (Fsp3) is 0.0870. The molecule has 9 nitrogen and oxygen atoms in total. The number of nitro groups is 1. The van der Waals surface area contributed by atoms with Crippen molar-refractivity contribution in [2.24, 2.45) is 0 Å². The number of rotatable bonds is 5.